The van der Waals surface area contributed by atoms with Crippen molar-refractivity contribution in [1.29, 1.82) is 0 Å². The van der Waals surface area contributed by atoms with Gasteiger partial charge in [-0.25, -0.2) is 9.97 Å². The van der Waals surface area contributed by atoms with E-state index in [2.05, 4.69) is 26.4 Å². The van der Waals surface area contributed by atoms with Gasteiger partial charge in [0.05, 0.1) is 35.2 Å². The molecule has 5 rings (SSSR count). The molecule has 0 spiro atoms. The second-order valence-electron chi connectivity index (χ2n) is 7.56. The number of aryl methyl sites for hydroxylation is 1. The number of fused-ring (bicyclic) bond motifs is 3. The first-order chi connectivity index (χ1) is 13.7. The van der Waals surface area contributed by atoms with E-state index in [4.69, 9.17) is 4.98 Å². The Kier molecular flexibility index (Phi) is 3.92. The molecular weight excluding hydrogens is 354 g/mol. The minimum Gasteiger partial charge on any atom is -0.345 e. The number of carbonyl (C=O) groups excluding carboxylic acids is 1. The topological polar surface area (TPSA) is 84.1 Å². The van der Waals surface area contributed by atoms with Crippen LogP contribution in [0.2, 0.25) is 0 Å². The van der Waals surface area contributed by atoms with Crippen LogP contribution < -0.4 is 0 Å². The fraction of sp³-hybridized carbons (Fsp3) is 0.400. The molecule has 1 N–H and O–H groups in total. The van der Waals surface area contributed by atoms with Crippen LogP contribution in [0.1, 0.15) is 41.9 Å². The summed E-state index contributed by atoms with van der Waals surface area (Å²) < 4.78 is 3.85. The molecule has 4 aromatic heterocycles. The molecule has 4 aromatic rings. The maximum atomic E-state index is 13.0. The van der Waals surface area contributed by atoms with Gasteiger partial charge in [0.25, 0.3) is 5.91 Å². The first-order valence-electron chi connectivity index (χ1n) is 9.73. The minimum atomic E-state index is 0.0435. The van der Waals surface area contributed by atoms with Crippen molar-refractivity contribution in [2.24, 2.45) is 13.0 Å². The predicted octanol–water partition coefficient (Wildman–Crippen LogP) is 2.60. The lowest BCUT2D eigenvalue weighted by molar-refractivity contribution is 0.0652. The Labute approximate surface area is 162 Å². The molecule has 1 amide bonds. The lowest BCUT2D eigenvalue weighted by Crippen LogP contribution is -2.43. The molecule has 0 unspecified atom stereocenters. The van der Waals surface area contributed by atoms with Crippen LogP contribution in [-0.4, -0.2) is 53.0 Å². The smallest absolute Gasteiger partial charge is 0.257 e. The van der Waals surface area contributed by atoms with Crippen LogP contribution in [-0.2, 0) is 7.05 Å². The lowest BCUT2D eigenvalue weighted by atomic mass is 9.83. The van der Waals surface area contributed by atoms with Gasteiger partial charge in [-0.3, -0.25) is 13.9 Å². The zero-order chi connectivity index (χ0) is 19.3. The highest BCUT2D eigenvalue weighted by Crippen LogP contribution is 2.35. The van der Waals surface area contributed by atoms with E-state index in [1.165, 1.54) is 0 Å². The third-order valence-corrected chi connectivity index (χ3v) is 5.94. The number of carbonyl (C=O) groups is 1. The number of nitrogens with zero attached hydrogens (tertiary/aromatic N) is 6. The molecule has 8 nitrogen and oxygen atoms in total. The number of hydrogen-bond donors (Lipinski definition) is 1. The molecule has 1 aliphatic heterocycles. The second kappa shape index (κ2) is 6.47. The average molecular weight is 377 g/mol. The Morgan fingerprint density at radius 2 is 2.14 bits per heavy atom. The van der Waals surface area contributed by atoms with Crippen LogP contribution in [0.5, 0.6) is 0 Å². The van der Waals surface area contributed by atoms with Crippen LogP contribution in [0, 0.1) is 5.92 Å². The van der Waals surface area contributed by atoms with Gasteiger partial charge >= 0.3 is 0 Å². The summed E-state index contributed by atoms with van der Waals surface area (Å²) in [6, 6.07) is 2.03. The van der Waals surface area contributed by atoms with Crippen molar-refractivity contribution in [3.05, 3.63) is 48.4 Å². The lowest BCUT2D eigenvalue weighted by Gasteiger charge is -2.37. The number of hydrogen-bond acceptors (Lipinski definition) is 4. The van der Waals surface area contributed by atoms with Gasteiger partial charge < -0.3 is 9.88 Å². The maximum absolute atomic E-state index is 13.0. The molecule has 1 aliphatic rings. The zero-order valence-electron chi connectivity index (χ0n) is 16.0. The molecule has 28 heavy (non-hydrogen) atoms. The summed E-state index contributed by atoms with van der Waals surface area (Å²) in [6.45, 7) is 3.66. The number of piperidine rings is 1. The molecule has 144 valence electrons. The van der Waals surface area contributed by atoms with Crippen molar-refractivity contribution >= 4 is 22.6 Å². The van der Waals surface area contributed by atoms with Crippen LogP contribution in [0.3, 0.4) is 0 Å². The van der Waals surface area contributed by atoms with E-state index >= 15 is 0 Å². The van der Waals surface area contributed by atoms with Crippen LogP contribution in [0.4, 0.5) is 0 Å². The first-order valence-corrected chi connectivity index (χ1v) is 9.73. The molecule has 5 heterocycles. The number of aromatic amines is 1. The summed E-state index contributed by atoms with van der Waals surface area (Å²) in [7, 11) is 1.83. The van der Waals surface area contributed by atoms with Crippen molar-refractivity contribution in [1.82, 2.24) is 34.0 Å². The number of imidazole rings is 1. The number of rotatable bonds is 3. The second-order valence-corrected chi connectivity index (χ2v) is 7.56. The van der Waals surface area contributed by atoms with Crippen LogP contribution >= 0.6 is 0 Å². The Morgan fingerprint density at radius 1 is 1.29 bits per heavy atom. The van der Waals surface area contributed by atoms with E-state index in [1.807, 2.05) is 36.6 Å². The maximum Gasteiger partial charge on any atom is 0.257 e. The molecule has 0 aromatic carbocycles. The van der Waals surface area contributed by atoms with Crippen molar-refractivity contribution in [3.63, 3.8) is 0 Å². The molecule has 0 aliphatic carbocycles. The zero-order valence-corrected chi connectivity index (χ0v) is 16.0. The quantitative estimate of drug-likeness (QED) is 0.595. The Hall–Kier alpha value is -3.16. The van der Waals surface area contributed by atoms with E-state index in [9.17, 15) is 4.79 Å². The van der Waals surface area contributed by atoms with E-state index < -0.39 is 0 Å². The normalized spacial score (nSPS) is 20.3. The van der Waals surface area contributed by atoms with Gasteiger partial charge in [0.2, 0.25) is 0 Å². The highest BCUT2D eigenvalue weighted by Gasteiger charge is 2.34. The average Bonchev–Trinajstić information content (AvgIpc) is 3.45. The van der Waals surface area contributed by atoms with Gasteiger partial charge in [0.15, 0.2) is 5.65 Å². The highest BCUT2D eigenvalue weighted by molar-refractivity contribution is 5.93. The Balaban J connectivity index is 1.54. The summed E-state index contributed by atoms with van der Waals surface area (Å²) in [6.07, 6.45) is 11.1. The highest BCUT2D eigenvalue weighted by atomic mass is 16.2. The largest absolute Gasteiger partial charge is 0.345 e. The SMILES string of the molecule is CC[C@@H]1CCN(C(=O)c2cnn(C)c2)C[C@@H]1c1ncc2cnc3[nH]ccc3n12. The van der Waals surface area contributed by atoms with Crippen LogP contribution in [0.25, 0.3) is 16.7 Å². The summed E-state index contributed by atoms with van der Waals surface area (Å²) in [5, 5.41) is 4.14. The number of likely N-dealkylation sites (tertiary alicyclic amines) is 1. The molecule has 0 saturated carbocycles. The first kappa shape index (κ1) is 17.0. The number of nitrogens with one attached hydrogen (secondary N) is 1. The summed E-state index contributed by atoms with van der Waals surface area (Å²) in [4.78, 5) is 27.3. The molecule has 8 heteroatoms. The molecular formula is C20H23N7O. The van der Waals surface area contributed by atoms with E-state index in [0.29, 0.717) is 18.0 Å². The predicted molar refractivity (Wildman–Crippen MR) is 105 cm³/mol. The van der Waals surface area contributed by atoms with E-state index in [1.54, 1.807) is 17.1 Å². The van der Waals surface area contributed by atoms with E-state index in [-0.39, 0.29) is 11.8 Å². The van der Waals surface area contributed by atoms with Gasteiger partial charge in [-0.2, -0.15) is 5.10 Å². The van der Waals surface area contributed by atoms with Crippen molar-refractivity contribution < 1.29 is 4.79 Å². The molecule has 1 saturated heterocycles. The number of H-pyrrole nitrogens is 1. The molecule has 1 fully saturated rings. The molecule has 2 atom stereocenters. The standard InChI is InChI=1S/C20H23N7O/c1-3-13-5-7-26(20(28)14-8-24-25(2)11-14)12-16(13)19-23-10-15-9-22-18-17(27(15)19)4-6-21-18/h4,6,8-11,13,16,21H,3,5,7,12H2,1-2H3/t13-,16+/m1/s1. The summed E-state index contributed by atoms with van der Waals surface area (Å²) in [5.74, 6) is 1.73. The molecule has 0 bridgehead atoms. The molecule has 0 radical (unpaired) electrons. The van der Waals surface area contributed by atoms with Crippen molar-refractivity contribution in [2.75, 3.05) is 13.1 Å². The fourth-order valence-electron chi connectivity index (χ4n) is 4.44. The number of aromatic nitrogens is 6. The van der Waals surface area contributed by atoms with Gasteiger partial charge in [0.1, 0.15) is 5.82 Å². The van der Waals surface area contributed by atoms with Gasteiger partial charge in [0, 0.05) is 38.4 Å². The number of amides is 1. The van der Waals surface area contributed by atoms with Gasteiger partial charge in [-0.05, 0) is 18.4 Å². The third-order valence-electron chi connectivity index (χ3n) is 5.94. The Bertz CT molecular complexity index is 1150. The van der Waals surface area contributed by atoms with Crippen molar-refractivity contribution in [2.45, 2.75) is 25.7 Å². The third kappa shape index (κ3) is 2.59. The fourth-order valence-corrected chi connectivity index (χ4v) is 4.44. The van der Waals surface area contributed by atoms with Crippen LogP contribution in [0.15, 0.2) is 37.1 Å². The summed E-state index contributed by atoms with van der Waals surface area (Å²) in [5.41, 5.74) is 3.49. The Morgan fingerprint density at radius 3 is 2.93 bits per heavy atom. The van der Waals surface area contributed by atoms with Gasteiger partial charge in [-0.1, -0.05) is 13.3 Å². The summed E-state index contributed by atoms with van der Waals surface area (Å²) >= 11 is 0. The van der Waals surface area contributed by atoms with E-state index in [0.717, 1.165) is 41.9 Å². The monoisotopic (exact) mass is 377 g/mol. The van der Waals surface area contributed by atoms with Crippen molar-refractivity contribution in [3.8, 4) is 0 Å². The minimum absolute atomic E-state index is 0.0435. The van der Waals surface area contributed by atoms with Gasteiger partial charge in [-0.15, -0.1) is 0 Å².